The van der Waals surface area contributed by atoms with Gasteiger partial charge in [0.05, 0.1) is 17.7 Å². The molecule has 0 bridgehead atoms. The van der Waals surface area contributed by atoms with E-state index >= 15 is 0 Å². The predicted molar refractivity (Wildman–Crippen MR) is 75.6 cm³/mol. The van der Waals surface area contributed by atoms with E-state index in [2.05, 4.69) is 5.32 Å². The Kier molecular flexibility index (Phi) is 4.58. The number of amides is 1. The SMILES string of the molecule is COc1ccc(C(=O)NCc2ccc(F)cc2)c(Cl)c1. The highest BCUT2D eigenvalue weighted by Gasteiger charge is 2.10. The minimum Gasteiger partial charge on any atom is -0.497 e. The van der Waals surface area contributed by atoms with Crippen molar-refractivity contribution in [3.05, 3.63) is 64.4 Å². The van der Waals surface area contributed by atoms with Gasteiger partial charge in [-0.2, -0.15) is 0 Å². The number of rotatable bonds is 4. The summed E-state index contributed by atoms with van der Waals surface area (Å²) in [6.07, 6.45) is 0. The Labute approximate surface area is 121 Å². The van der Waals surface area contributed by atoms with E-state index in [0.29, 0.717) is 22.9 Å². The van der Waals surface area contributed by atoms with Gasteiger partial charge in [0.25, 0.3) is 5.91 Å². The molecule has 1 amide bonds. The Morgan fingerprint density at radius 1 is 1.25 bits per heavy atom. The van der Waals surface area contributed by atoms with Crippen LogP contribution in [0.3, 0.4) is 0 Å². The van der Waals surface area contributed by atoms with Crippen molar-refractivity contribution in [3.8, 4) is 5.75 Å². The smallest absolute Gasteiger partial charge is 0.253 e. The van der Waals surface area contributed by atoms with E-state index in [0.717, 1.165) is 5.56 Å². The Morgan fingerprint density at radius 3 is 2.55 bits per heavy atom. The Bertz CT molecular complexity index is 614. The molecule has 1 N–H and O–H groups in total. The lowest BCUT2D eigenvalue weighted by Gasteiger charge is -2.08. The molecule has 0 spiro atoms. The van der Waals surface area contributed by atoms with Gasteiger partial charge in [0, 0.05) is 6.54 Å². The number of hydrogen-bond acceptors (Lipinski definition) is 2. The van der Waals surface area contributed by atoms with Crippen molar-refractivity contribution < 1.29 is 13.9 Å². The maximum atomic E-state index is 12.8. The van der Waals surface area contributed by atoms with E-state index in [-0.39, 0.29) is 11.7 Å². The summed E-state index contributed by atoms with van der Waals surface area (Å²) in [6.45, 7) is 0.307. The zero-order valence-electron chi connectivity index (χ0n) is 10.8. The van der Waals surface area contributed by atoms with Crippen molar-refractivity contribution in [2.75, 3.05) is 7.11 Å². The fourth-order valence-electron chi connectivity index (χ4n) is 1.69. The molecular formula is C15H13ClFNO2. The van der Waals surface area contributed by atoms with Gasteiger partial charge < -0.3 is 10.1 Å². The zero-order chi connectivity index (χ0) is 14.5. The number of halogens is 2. The van der Waals surface area contributed by atoms with Crippen LogP contribution in [0.15, 0.2) is 42.5 Å². The molecule has 0 saturated heterocycles. The number of nitrogens with one attached hydrogen (secondary N) is 1. The molecule has 0 aromatic heterocycles. The van der Waals surface area contributed by atoms with E-state index in [4.69, 9.17) is 16.3 Å². The quantitative estimate of drug-likeness (QED) is 0.938. The lowest BCUT2D eigenvalue weighted by atomic mass is 10.2. The highest BCUT2D eigenvalue weighted by molar-refractivity contribution is 6.34. The van der Waals surface area contributed by atoms with Gasteiger partial charge >= 0.3 is 0 Å². The molecule has 0 saturated carbocycles. The highest BCUT2D eigenvalue weighted by atomic mass is 35.5. The molecular weight excluding hydrogens is 281 g/mol. The second-order valence-corrected chi connectivity index (χ2v) is 4.56. The molecule has 0 radical (unpaired) electrons. The summed E-state index contributed by atoms with van der Waals surface area (Å²) in [5.41, 5.74) is 1.18. The molecule has 2 aromatic rings. The molecule has 5 heteroatoms. The number of hydrogen-bond donors (Lipinski definition) is 1. The molecule has 20 heavy (non-hydrogen) atoms. The molecule has 0 aliphatic carbocycles. The maximum Gasteiger partial charge on any atom is 0.253 e. The third kappa shape index (κ3) is 3.48. The summed E-state index contributed by atoms with van der Waals surface area (Å²) < 4.78 is 17.8. The monoisotopic (exact) mass is 293 g/mol. The molecule has 104 valence electrons. The highest BCUT2D eigenvalue weighted by Crippen LogP contribution is 2.22. The van der Waals surface area contributed by atoms with Gasteiger partial charge in [-0.15, -0.1) is 0 Å². The van der Waals surface area contributed by atoms with Gasteiger partial charge in [-0.05, 0) is 35.9 Å². The summed E-state index contributed by atoms with van der Waals surface area (Å²) in [6, 6.07) is 10.8. The van der Waals surface area contributed by atoms with Crippen molar-refractivity contribution >= 4 is 17.5 Å². The van der Waals surface area contributed by atoms with Gasteiger partial charge in [-0.3, -0.25) is 4.79 Å². The zero-order valence-corrected chi connectivity index (χ0v) is 11.6. The van der Waals surface area contributed by atoms with Gasteiger partial charge in [0.2, 0.25) is 0 Å². The number of benzene rings is 2. The maximum absolute atomic E-state index is 12.8. The van der Waals surface area contributed by atoms with E-state index in [1.54, 1.807) is 30.3 Å². The number of carbonyl (C=O) groups excluding carboxylic acids is 1. The van der Waals surface area contributed by atoms with Crippen LogP contribution in [0.1, 0.15) is 15.9 Å². The summed E-state index contributed by atoms with van der Waals surface area (Å²) in [4.78, 5) is 12.0. The van der Waals surface area contributed by atoms with Crippen molar-refractivity contribution in [2.45, 2.75) is 6.54 Å². The molecule has 0 aliphatic heterocycles. The minimum absolute atomic E-state index is 0.290. The molecule has 0 aliphatic rings. The standard InChI is InChI=1S/C15H13ClFNO2/c1-20-12-6-7-13(14(16)8-12)15(19)18-9-10-2-4-11(17)5-3-10/h2-8H,9H2,1H3,(H,18,19). The van der Waals surface area contributed by atoms with Crippen LogP contribution in [0.4, 0.5) is 4.39 Å². The van der Waals surface area contributed by atoms with Crippen molar-refractivity contribution in [3.63, 3.8) is 0 Å². The van der Waals surface area contributed by atoms with Crippen LogP contribution in [0.5, 0.6) is 5.75 Å². The Morgan fingerprint density at radius 2 is 1.95 bits per heavy atom. The Balaban J connectivity index is 2.03. The van der Waals surface area contributed by atoms with E-state index in [1.807, 2.05) is 0 Å². The number of ether oxygens (including phenoxy) is 1. The first-order valence-corrected chi connectivity index (χ1v) is 6.34. The topological polar surface area (TPSA) is 38.3 Å². The van der Waals surface area contributed by atoms with E-state index < -0.39 is 0 Å². The van der Waals surface area contributed by atoms with Gasteiger partial charge in [0.1, 0.15) is 11.6 Å². The summed E-state index contributed by atoms with van der Waals surface area (Å²) in [7, 11) is 1.53. The van der Waals surface area contributed by atoms with Crippen molar-refractivity contribution in [2.24, 2.45) is 0 Å². The fraction of sp³-hybridized carbons (Fsp3) is 0.133. The van der Waals surface area contributed by atoms with Crippen LogP contribution in [0.2, 0.25) is 5.02 Å². The molecule has 0 heterocycles. The van der Waals surface area contributed by atoms with Gasteiger partial charge in [0.15, 0.2) is 0 Å². The molecule has 0 fully saturated rings. The summed E-state index contributed by atoms with van der Waals surface area (Å²) >= 11 is 6.02. The normalized spacial score (nSPS) is 10.2. The number of carbonyl (C=O) groups is 1. The van der Waals surface area contributed by atoms with Crippen LogP contribution in [-0.4, -0.2) is 13.0 Å². The molecule has 0 atom stereocenters. The second kappa shape index (κ2) is 6.39. The second-order valence-electron chi connectivity index (χ2n) is 4.15. The van der Waals surface area contributed by atoms with Crippen LogP contribution >= 0.6 is 11.6 Å². The fourth-order valence-corrected chi connectivity index (χ4v) is 1.94. The average molecular weight is 294 g/mol. The van der Waals surface area contributed by atoms with Gasteiger partial charge in [-0.1, -0.05) is 23.7 Å². The first-order valence-electron chi connectivity index (χ1n) is 5.96. The molecule has 3 nitrogen and oxygen atoms in total. The summed E-state index contributed by atoms with van der Waals surface area (Å²) in [5.74, 6) is -0.00895. The van der Waals surface area contributed by atoms with E-state index in [1.165, 1.54) is 19.2 Å². The summed E-state index contributed by atoms with van der Waals surface area (Å²) in [5, 5.41) is 3.05. The largest absolute Gasteiger partial charge is 0.497 e. The van der Waals surface area contributed by atoms with Crippen LogP contribution in [-0.2, 0) is 6.54 Å². The predicted octanol–water partition coefficient (Wildman–Crippen LogP) is 3.42. The van der Waals surface area contributed by atoms with Crippen LogP contribution < -0.4 is 10.1 Å². The van der Waals surface area contributed by atoms with E-state index in [9.17, 15) is 9.18 Å². The van der Waals surface area contributed by atoms with Crippen LogP contribution in [0.25, 0.3) is 0 Å². The molecule has 0 unspecified atom stereocenters. The van der Waals surface area contributed by atoms with Crippen molar-refractivity contribution in [1.29, 1.82) is 0 Å². The molecule has 2 rings (SSSR count). The third-order valence-corrected chi connectivity index (χ3v) is 3.10. The Hall–Kier alpha value is -2.07. The minimum atomic E-state index is -0.307. The lowest BCUT2D eigenvalue weighted by Crippen LogP contribution is -2.23. The van der Waals surface area contributed by atoms with Crippen molar-refractivity contribution in [1.82, 2.24) is 5.32 Å². The van der Waals surface area contributed by atoms with Gasteiger partial charge in [-0.25, -0.2) is 4.39 Å². The third-order valence-electron chi connectivity index (χ3n) is 2.79. The number of methoxy groups -OCH3 is 1. The average Bonchev–Trinajstić information content (AvgIpc) is 2.46. The first kappa shape index (κ1) is 14.3. The van der Waals surface area contributed by atoms with Crippen LogP contribution in [0, 0.1) is 5.82 Å². The molecule has 2 aromatic carbocycles. The lowest BCUT2D eigenvalue weighted by molar-refractivity contribution is 0.0951. The first-order chi connectivity index (χ1) is 9.60.